The van der Waals surface area contributed by atoms with Crippen LogP contribution in [0.25, 0.3) is 0 Å². The Morgan fingerprint density at radius 1 is 1.18 bits per heavy atom. The largest absolute Gasteiger partial charge is 0.490 e. The molecule has 1 N–H and O–H groups in total. The van der Waals surface area contributed by atoms with Crippen LogP contribution < -0.4 is 9.47 Å². The molecule has 0 heterocycles. The van der Waals surface area contributed by atoms with E-state index in [0.29, 0.717) is 28.0 Å². The number of ether oxygens (including phenoxy) is 2. The third-order valence-electron chi connectivity index (χ3n) is 2.90. The molecule has 0 aliphatic rings. The van der Waals surface area contributed by atoms with Crippen molar-refractivity contribution in [1.82, 2.24) is 0 Å². The fraction of sp³-hybridized carbons (Fsp3) is 0.188. The standard InChI is InChI=1S/C16H14Cl2O4/c1-2-21-14-5-3-4-12(16(19)20)15(14)22-9-10-6-7-11(17)8-13(10)18/h3-8H,2,9H2,1H3,(H,19,20). The highest BCUT2D eigenvalue weighted by Crippen LogP contribution is 2.33. The van der Waals surface area contributed by atoms with Crippen molar-refractivity contribution < 1.29 is 19.4 Å². The number of carboxylic acids is 1. The predicted molar refractivity (Wildman–Crippen MR) is 85.4 cm³/mol. The number of aromatic carboxylic acids is 1. The molecule has 4 nitrogen and oxygen atoms in total. The molecule has 0 saturated heterocycles. The molecule has 0 radical (unpaired) electrons. The summed E-state index contributed by atoms with van der Waals surface area (Å²) in [5.41, 5.74) is 0.741. The van der Waals surface area contributed by atoms with Crippen molar-refractivity contribution in [2.24, 2.45) is 0 Å². The zero-order valence-electron chi connectivity index (χ0n) is 11.8. The number of carboxylic acid groups (broad SMARTS) is 1. The molecule has 0 fully saturated rings. The lowest BCUT2D eigenvalue weighted by atomic mass is 10.2. The number of hydrogen-bond acceptors (Lipinski definition) is 3. The first-order valence-electron chi connectivity index (χ1n) is 6.58. The van der Waals surface area contributed by atoms with Crippen molar-refractivity contribution in [3.8, 4) is 11.5 Å². The van der Waals surface area contributed by atoms with Crippen LogP contribution in [-0.2, 0) is 6.61 Å². The second-order valence-electron chi connectivity index (χ2n) is 4.40. The van der Waals surface area contributed by atoms with Crippen molar-refractivity contribution in [1.29, 1.82) is 0 Å². The van der Waals surface area contributed by atoms with Crippen LogP contribution >= 0.6 is 23.2 Å². The Morgan fingerprint density at radius 2 is 1.95 bits per heavy atom. The van der Waals surface area contributed by atoms with Crippen molar-refractivity contribution in [3.05, 3.63) is 57.6 Å². The Kier molecular flexibility index (Phi) is 5.52. The van der Waals surface area contributed by atoms with Gasteiger partial charge in [-0.05, 0) is 31.2 Å². The number of halogens is 2. The minimum Gasteiger partial charge on any atom is -0.490 e. The average molecular weight is 341 g/mol. The van der Waals surface area contributed by atoms with Gasteiger partial charge in [0, 0.05) is 15.6 Å². The Labute approximate surface area is 138 Å². The first-order chi connectivity index (χ1) is 10.5. The van der Waals surface area contributed by atoms with E-state index < -0.39 is 5.97 Å². The zero-order valence-corrected chi connectivity index (χ0v) is 13.3. The van der Waals surface area contributed by atoms with E-state index in [-0.39, 0.29) is 17.9 Å². The fourth-order valence-electron chi connectivity index (χ4n) is 1.89. The van der Waals surface area contributed by atoms with Crippen molar-refractivity contribution >= 4 is 29.2 Å². The van der Waals surface area contributed by atoms with Gasteiger partial charge in [0.25, 0.3) is 0 Å². The highest BCUT2D eigenvalue weighted by atomic mass is 35.5. The molecule has 0 unspecified atom stereocenters. The molecule has 0 spiro atoms. The summed E-state index contributed by atoms with van der Waals surface area (Å²) in [6.07, 6.45) is 0. The van der Waals surface area contributed by atoms with Crippen LogP contribution in [0.15, 0.2) is 36.4 Å². The first-order valence-corrected chi connectivity index (χ1v) is 7.34. The molecule has 2 aromatic rings. The number of carbonyl (C=O) groups is 1. The Hall–Kier alpha value is -1.91. The summed E-state index contributed by atoms with van der Waals surface area (Å²) in [7, 11) is 0. The smallest absolute Gasteiger partial charge is 0.339 e. The van der Waals surface area contributed by atoms with E-state index >= 15 is 0 Å². The highest BCUT2D eigenvalue weighted by Gasteiger charge is 2.17. The maximum Gasteiger partial charge on any atom is 0.339 e. The SMILES string of the molecule is CCOc1cccc(C(=O)O)c1OCc1ccc(Cl)cc1Cl. The Morgan fingerprint density at radius 3 is 2.59 bits per heavy atom. The summed E-state index contributed by atoms with van der Waals surface area (Å²) in [4.78, 5) is 11.3. The average Bonchev–Trinajstić information content (AvgIpc) is 2.47. The topological polar surface area (TPSA) is 55.8 Å². The maximum absolute atomic E-state index is 11.3. The van der Waals surface area contributed by atoms with Gasteiger partial charge in [-0.15, -0.1) is 0 Å². The second kappa shape index (κ2) is 7.38. The van der Waals surface area contributed by atoms with Gasteiger partial charge >= 0.3 is 5.97 Å². The van der Waals surface area contributed by atoms with Crippen molar-refractivity contribution in [2.75, 3.05) is 6.61 Å². The third-order valence-corrected chi connectivity index (χ3v) is 3.48. The fourth-order valence-corrected chi connectivity index (χ4v) is 2.35. The van der Waals surface area contributed by atoms with E-state index in [4.69, 9.17) is 32.7 Å². The number of hydrogen-bond donors (Lipinski definition) is 1. The van der Waals surface area contributed by atoms with E-state index in [9.17, 15) is 9.90 Å². The highest BCUT2D eigenvalue weighted by molar-refractivity contribution is 6.35. The summed E-state index contributed by atoms with van der Waals surface area (Å²) in [6.45, 7) is 2.33. The predicted octanol–water partition coefficient (Wildman–Crippen LogP) is 4.67. The van der Waals surface area contributed by atoms with Crippen LogP contribution in [-0.4, -0.2) is 17.7 Å². The van der Waals surface area contributed by atoms with Gasteiger partial charge in [-0.2, -0.15) is 0 Å². The summed E-state index contributed by atoms with van der Waals surface area (Å²) < 4.78 is 11.1. The van der Waals surface area contributed by atoms with Gasteiger partial charge in [0.05, 0.1) is 6.61 Å². The van der Waals surface area contributed by atoms with Crippen LogP contribution in [0.4, 0.5) is 0 Å². The molecule has 0 aliphatic carbocycles. The quantitative estimate of drug-likeness (QED) is 0.830. The molecule has 0 saturated carbocycles. The van der Waals surface area contributed by atoms with Crippen LogP contribution in [0.1, 0.15) is 22.8 Å². The molecule has 22 heavy (non-hydrogen) atoms. The second-order valence-corrected chi connectivity index (χ2v) is 5.24. The van der Waals surface area contributed by atoms with Crippen LogP contribution in [0.5, 0.6) is 11.5 Å². The van der Waals surface area contributed by atoms with Crippen LogP contribution in [0.3, 0.4) is 0 Å². The monoisotopic (exact) mass is 340 g/mol. The molecule has 0 aromatic heterocycles. The summed E-state index contributed by atoms with van der Waals surface area (Å²) in [5.74, 6) is -0.519. The molecule has 2 aromatic carbocycles. The van der Waals surface area contributed by atoms with E-state index in [0.717, 1.165) is 0 Å². The van der Waals surface area contributed by atoms with E-state index in [2.05, 4.69) is 0 Å². The van der Waals surface area contributed by atoms with E-state index in [1.165, 1.54) is 6.07 Å². The molecule has 116 valence electrons. The van der Waals surface area contributed by atoms with E-state index in [1.807, 2.05) is 6.92 Å². The molecule has 6 heteroatoms. The van der Waals surface area contributed by atoms with Crippen molar-refractivity contribution in [2.45, 2.75) is 13.5 Å². The lowest BCUT2D eigenvalue weighted by Gasteiger charge is -2.14. The molecular weight excluding hydrogens is 327 g/mol. The number of benzene rings is 2. The Balaban J connectivity index is 2.29. The number of para-hydroxylation sites is 1. The van der Waals surface area contributed by atoms with Crippen molar-refractivity contribution in [3.63, 3.8) is 0 Å². The normalized spacial score (nSPS) is 10.3. The molecule has 0 aliphatic heterocycles. The minimum atomic E-state index is -1.08. The van der Waals surface area contributed by atoms with Gasteiger partial charge in [0.2, 0.25) is 0 Å². The zero-order chi connectivity index (χ0) is 16.1. The lowest BCUT2D eigenvalue weighted by Crippen LogP contribution is -2.06. The molecular formula is C16H14Cl2O4. The van der Waals surface area contributed by atoms with Gasteiger partial charge < -0.3 is 14.6 Å². The minimum absolute atomic E-state index is 0.0380. The molecule has 2 rings (SSSR count). The van der Waals surface area contributed by atoms with Crippen LogP contribution in [0.2, 0.25) is 10.0 Å². The van der Waals surface area contributed by atoms with Crippen LogP contribution in [0, 0.1) is 0 Å². The maximum atomic E-state index is 11.3. The van der Waals surface area contributed by atoms with Gasteiger partial charge in [0.15, 0.2) is 11.5 Å². The third kappa shape index (κ3) is 3.84. The summed E-state index contributed by atoms with van der Waals surface area (Å²) in [6, 6.07) is 9.76. The molecule has 0 amide bonds. The van der Waals surface area contributed by atoms with Gasteiger partial charge in [0.1, 0.15) is 12.2 Å². The Bertz CT molecular complexity index is 686. The van der Waals surface area contributed by atoms with Gasteiger partial charge in [-0.25, -0.2) is 4.79 Å². The van der Waals surface area contributed by atoms with Gasteiger partial charge in [-0.1, -0.05) is 35.3 Å². The summed E-state index contributed by atoms with van der Waals surface area (Å²) >= 11 is 11.9. The molecule has 0 atom stereocenters. The summed E-state index contributed by atoms with van der Waals surface area (Å²) in [5, 5.41) is 10.2. The van der Waals surface area contributed by atoms with Gasteiger partial charge in [-0.3, -0.25) is 0 Å². The number of rotatable bonds is 6. The lowest BCUT2D eigenvalue weighted by molar-refractivity contribution is 0.0690. The molecule has 0 bridgehead atoms. The first kappa shape index (κ1) is 16.5. The van der Waals surface area contributed by atoms with E-state index in [1.54, 1.807) is 30.3 Å².